The minimum Gasteiger partial charge on any atom is -0.399 e. The van der Waals surface area contributed by atoms with E-state index in [1.807, 2.05) is 6.07 Å². The molecular formula is C7H7ClN4. The number of nitrogens with two attached hydrogens (primary N) is 1. The molecule has 62 valence electrons. The first kappa shape index (κ1) is 7.36. The summed E-state index contributed by atoms with van der Waals surface area (Å²) in [4.78, 5) is 0. The lowest BCUT2D eigenvalue weighted by molar-refractivity contribution is 0.717. The molecule has 2 aromatic rings. The van der Waals surface area contributed by atoms with Gasteiger partial charge in [-0.1, -0.05) is 5.21 Å². The summed E-state index contributed by atoms with van der Waals surface area (Å²) in [5.41, 5.74) is 7.92. The summed E-state index contributed by atoms with van der Waals surface area (Å²) in [5.74, 6) is 0. The second-order valence-electron chi connectivity index (χ2n) is 2.46. The molecule has 0 unspecified atom stereocenters. The third-order valence-corrected chi connectivity index (χ3v) is 1.88. The summed E-state index contributed by atoms with van der Waals surface area (Å²) in [7, 11) is 0. The molecule has 0 aliphatic heterocycles. The zero-order chi connectivity index (χ0) is 8.55. The molecule has 0 atom stereocenters. The van der Waals surface area contributed by atoms with Gasteiger partial charge in [0.05, 0.1) is 5.52 Å². The highest BCUT2D eigenvalue weighted by molar-refractivity contribution is 6.15. The largest absolute Gasteiger partial charge is 0.399 e. The Morgan fingerprint density at radius 2 is 2.33 bits per heavy atom. The molecule has 1 aromatic carbocycles. The van der Waals surface area contributed by atoms with Gasteiger partial charge in [-0.15, -0.1) is 16.7 Å². The molecule has 2 N–H and O–H groups in total. The van der Waals surface area contributed by atoms with E-state index in [0.29, 0.717) is 11.7 Å². The number of rotatable bonds is 1. The molecule has 0 saturated carbocycles. The summed E-state index contributed by atoms with van der Waals surface area (Å²) in [6.07, 6.45) is 0. The molecule has 0 aliphatic carbocycles. The van der Waals surface area contributed by atoms with E-state index in [2.05, 4.69) is 10.3 Å². The zero-order valence-electron chi connectivity index (χ0n) is 6.24. The first-order valence-electron chi connectivity index (χ1n) is 3.46. The van der Waals surface area contributed by atoms with E-state index in [4.69, 9.17) is 17.3 Å². The number of alkyl halides is 1. The van der Waals surface area contributed by atoms with Crippen LogP contribution in [0.4, 0.5) is 5.69 Å². The Bertz CT molecular complexity index is 409. The first-order chi connectivity index (χ1) is 5.81. The van der Waals surface area contributed by atoms with Gasteiger partial charge >= 0.3 is 0 Å². The summed E-state index contributed by atoms with van der Waals surface area (Å²) in [6, 6.07) is 5.73. The quantitative estimate of drug-likeness (QED) is 0.533. The summed E-state index contributed by atoms with van der Waals surface area (Å²) < 4.78 is 1.61. The van der Waals surface area contributed by atoms with Gasteiger partial charge in [-0.3, -0.25) is 0 Å². The van der Waals surface area contributed by atoms with Crippen LogP contribution >= 0.6 is 11.6 Å². The van der Waals surface area contributed by atoms with Crippen LogP contribution in [0.5, 0.6) is 0 Å². The fourth-order valence-electron chi connectivity index (χ4n) is 1.08. The van der Waals surface area contributed by atoms with Crippen molar-refractivity contribution >= 4 is 28.3 Å². The zero-order valence-corrected chi connectivity index (χ0v) is 6.99. The van der Waals surface area contributed by atoms with E-state index in [1.54, 1.807) is 16.8 Å². The normalized spacial score (nSPS) is 10.8. The minimum absolute atomic E-state index is 0.306. The van der Waals surface area contributed by atoms with Crippen molar-refractivity contribution in [3.8, 4) is 0 Å². The van der Waals surface area contributed by atoms with E-state index in [0.717, 1.165) is 11.0 Å². The number of benzene rings is 1. The lowest BCUT2D eigenvalue weighted by Crippen LogP contribution is -1.93. The number of nitrogens with zero attached hydrogens (tertiary/aromatic N) is 3. The fourth-order valence-corrected chi connectivity index (χ4v) is 1.25. The van der Waals surface area contributed by atoms with Crippen LogP contribution in [0.1, 0.15) is 0 Å². The number of hydrogen-bond acceptors (Lipinski definition) is 3. The molecule has 0 radical (unpaired) electrons. The molecule has 0 amide bonds. The molecule has 0 bridgehead atoms. The molecule has 1 aromatic heterocycles. The van der Waals surface area contributed by atoms with Crippen LogP contribution < -0.4 is 5.73 Å². The Balaban J connectivity index is 2.73. The van der Waals surface area contributed by atoms with Gasteiger partial charge in [0.25, 0.3) is 0 Å². The standard InChI is InChI=1S/C7H7ClN4/c8-4-12-7-2-1-5(9)3-6(7)10-11-12/h1-3H,4,9H2. The summed E-state index contributed by atoms with van der Waals surface area (Å²) >= 11 is 5.62. The Labute approximate surface area is 73.9 Å². The number of nitrogen functional groups attached to an aromatic ring is 1. The minimum atomic E-state index is 0.306. The molecular weight excluding hydrogens is 176 g/mol. The van der Waals surface area contributed by atoms with Crippen LogP contribution in [0.3, 0.4) is 0 Å². The van der Waals surface area contributed by atoms with Crippen LogP contribution in [-0.4, -0.2) is 15.0 Å². The Kier molecular flexibility index (Phi) is 1.62. The fraction of sp³-hybridized carbons (Fsp3) is 0.143. The average molecular weight is 183 g/mol. The van der Waals surface area contributed by atoms with Crippen LogP contribution in [0.25, 0.3) is 11.0 Å². The van der Waals surface area contributed by atoms with Gasteiger partial charge in [-0.05, 0) is 18.2 Å². The van der Waals surface area contributed by atoms with Crippen molar-refractivity contribution in [3.63, 3.8) is 0 Å². The number of anilines is 1. The molecule has 4 nitrogen and oxygen atoms in total. The number of aromatic nitrogens is 3. The van der Waals surface area contributed by atoms with E-state index in [9.17, 15) is 0 Å². The third kappa shape index (κ3) is 1.00. The van der Waals surface area contributed by atoms with Crippen LogP contribution in [0, 0.1) is 0 Å². The molecule has 0 fully saturated rings. The van der Waals surface area contributed by atoms with E-state index in [-0.39, 0.29) is 0 Å². The highest BCUT2D eigenvalue weighted by Gasteiger charge is 2.01. The molecule has 2 rings (SSSR count). The van der Waals surface area contributed by atoms with Gasteiger partial charge < -0.3 is 5.73 Å². The van der Waals surface area contributed by atoms with Crippen molar-refractivity contribution in [1.29, 1.82) is 0 Å². The third-order valence-electron chi connectivity index (χ3n) is 1.65. The highest BCUT2D eigenvalue weighted by Crippen LogP contribution is 2.14. The highest BCUT2D eigenvalue weighted by atomic mass is 35.5. The number of fused-ring (bicyclic) bond motifs is 1. The molecule has 0 aliphatic rings. The van der Waals surface area contributed by atoms with Crippen molar-refractivity contribution in [2.75, 3.05) is 5.73 Å². The SMILES string of the molecule is Nc1ccc2c(c1)nnn2CCl. The van der Waals surface area contributed by atoms with E-state index < -0.39 is 0 Å². The van der Waals surface area contributed by atoms with Gasteiger partial charge in [0.1, 0.15) is 11.5 Å². The van der Waals surface area contributed by atoms with Gasteiger partial charge in [-0.2, -0.15) is 0 Å². The number of hydrogen-bond donors (Lipinski definition) is 1. The first-order valence-corrected chi connectivity index (χ1v) is 3.99. The van der Waals surface area contributed by atoms with Gasteiger partial charge in [0, 0.05) is 5.69 Å². The van der Waals surface area contributed by atoms with Gasteiger partial charge in [-0.25, -0.2) is 4.68 Å². The topological polar surface area (TPSA) is 56.7 Å². The monoisotopic (exact) mass is 182 g/mol. The molecule has 5 heteroatoms. The lowest BCUT2D eigenvalue weighted by Gasteiger charge is -1.94. The molecule has 0 spiro atoms. The smallest absolute Gasteiger partial charge is 0.117 e. The van der Waals surface area contributed by atoms with Crippen LogP contribution in [0.2, 0.25) is 0 Å². The molecule has 12 heavy (non-hydrogen) atoms. The summed E-state index contributed by atoms with van der Waals surface area (Å²) in [6.45, 7) is 0. The number of halogens is 1. The maximum Gasteiger partial charge on any atom is 0.117 e. The van der Waals surface area contributed by atoms with Crippen molar-refractivity contribution in [3.05, 3.63) is 18.2 Å². The second kappa shape index (κ2) is 2.64. The second-order valence-corrected chi connectivity index (χ2v) is 2.70. The predicted molar refractivity (Wildman–Crippen MR) is 47.8 cm³/mol. The van der Waals surface area contributed by atoms with E-state index >= 15 is 0 Å². The van der Waals surface area contributed by atoms with E-state index in [1.165, 1.54) is 0 Å². The molecule has 0 saturated heterocycles. The predicted octanol–water partition coefficient (Wildman–Crippen LogP) is 1.21. The Morgan fingerprint density at radius 1 is 1.50 bits per heavy atom. The van der Waals surface area contributed by atoms with Gasteiger partial charge in [0.15, 0.2) is 0 Å². The average Bonchev–Trinajstić information content (AvgIpc) is 2.46. The van der Waals surface area contributed by atoms with Crippen molar-refractivity contribution in [1.82, 2.24) is 15.0 Å². The molecule has 1 heterocycles. The maximum absolute atomic E-state index is 5.62. The van der Waals surface area contributed by atoms with Crippen molar-refractivity contribution < 1.29 is 0 Å². The van der Waals surface area contributed by atoms with Crippen molar-refractivity contribution in [2.45, 2.75) is 6.00 Å². The lowest BCUT2D eigenvalue weighted by atomic mass is 10.3. The van der Waals surface area contributed by atoms with Crippen LogP contribution in [0.15, 0.2) is 18.2 Å². The van der Waals surface area contributed by atoms with Crippen LogP contribution in [-0.2, 0) is 6.00 Å². The summed E-state index contributed by atoms with van der Waals surface area (Å²) in [5, 5.41) is 7.73. The van der Waals surface area contributed by atoms with Crippen molar-refractivity contribution in [2.24, 2.45) is 0 Å². The Hall–Kier alpha value is -1.29. The van der Waals surface area contributed by atoms with Gasteiger partial charge in [0.2, 0.25) is 0 Å². The Morgan fingerprint density at radius 3 is 3.08 bits per heavy atom. The maximum atomic E-state index is 5.62.